The molecule has 0 radical (unpaired) electrons. The quantitative estimate of drug-likeness (QED) is 0.824. The van der Waals surface area contributed by atoms with Crippen molar-refractivity contribution in [2.75, 3.05) is 12.8 Å². The molecule has 0 fully saturated rings. The lowest BCUT2D eigenvalue weighted by Gasteiger charge is -2.04. The number of nitrogen functional groups attached to an aromatic ring is 1. The molecule has 0 aliphatic rings. The lowest BCUT2D eigenvalue weighted by Crippen LogP contribution is -1.98. The van der Waals surface area contributed by atoms with Gasteiger partial charge in [0, 0.05) is 5.56 Å². The number of anilines is 1. The number of aromatic nitrogens is 3. The van der Waals surface area contributed by atoms with E-state index in [4.69, 9.17) is 10.5 Å². The second kappa shape index (κ2) is 4.09. The van der Waals surface area contributed by atoms with Crippen molar-refractivity contribution in [3.8, 4) is 17.1 Å². The highest BCUT2D eigenvalue weighted by Crippen LogP contribution is 2.23. The second-order valence-electron chi connectivity index (χ2n) is 3.02. The van der Waals surface area contributed by atoms with Crippen molar-refractivity contribution < 1.29 is 9.13 Å². The number of halogens is 1. The Kier molecular flexibility index (Phi) is 2.63. The van der Waals surface area contributed by atoms with Crippen LogP contribution < -0.4 is 10.5 Å². The van der Waals surface area contributed by atoms with Gasteiger partial charge in [-0.2, -0.15) is 4.98 Å². The molecule has 16 heavy (non-hydrogen) atoms. The van der Waals surface area contributed by atoms with Crippen LogP contribution in [0.15, 0.2) is 24.5 Å². The van der Waals surface area contributed by atoms with Gasteiger partial charge in [0.15, 0.2) is 17.4 Å². The Hall–Kier alpha value is -2.24. The largest absolute Gasteiger partial charge is 0.494 e. The first kappa shape index (κ1) is 10.3. The highest BCUT2D eigenvalue weighted by molar-refractivity contribution is 5.58. The predicted octanol–water partition coefficient (Wildman–Crippen LogP) is 1.27. The van der Waals surface area contributed by atoms with E-state index in [9.17, 15) is 4.39 Å². The Labute approximate surface area is 91.1 Å². The van der Waals surface area contributed by atoms with Gasteiger partial charge in [0.05, 0.1) is 7.11 Å². The van der Waals surface area contributed by atoms with Crippen LogP contribution in [0.2, 0.25) is 0 Å². The summed E-state index contributed by atoms with van der Waals surface area (Å²) in [6.07, 6.45) is 1.30. The van der Waals surface area contributed by atoms with Gasteiger partial charge in [-0.1, -0.05) is 0 Å². The van der Waals surface area contributed by atoms with Crippen molar-refractivity contribution in [3.63, 3.8) is 0 Å². The molecule has 2 aromatic rings. The van der Waals surface area contributed by atoms with Crippen molar-refractivity contribution in [2.24, 2.45) is 0 Å². The summed E-state index contributed by atoms with van der Waals surface area (Å²) >= 11 is 0. The Bertz CT molecular complexity index is 518. The first-order chi connectivity index (χ1) is 7.70. The van der Waals surface area contributed by atoms with Crippen LogP contribution in [-0.4, -0.2) is 22.1 Å². The Morgan fingerprint density at radius 2 is 2.12 bits per heavy atom. The zero-order chi connectivity index (χ0) is 11.5. The van der Waals surface area contributed by atoms with Gasteiger partial charge in [0.25, 0.3) is 0 Å². The summed E-state index contributed by atoms with van der Waals surface area (Å²) in [5, 5.41) is 0. The van der Waals surface area contributed by atoms with E-state index in [1.54, 1.807) is 6.07 Å². The maximum absolute atomic E-state index is 13.2. The van der Waals surface area contributed by atoms with Gasteiger partial charge in [0.1, 0.15) is 6.33 Å². The first-order valence-corrected chi connectivity index (χ1v) is 4.49. The van der Waals surface area contributed by atoms with E-state index in [2.05, 4.69) is 15.0 Å². The number of nitrogens with zero attached hydrogens (tertiary/aromatic N) is 3. The van der Waals surface area contributed by atoms with E-state index in [0.717, 1.165) is 0 Å². The van der Waals surface area contributed by atoms with Gasteiger partial charge >= 0.3 is 0 Å². The zero-order valence-corrected chi connectivity index (χ0v) is 8.51. The van der Waals surface area contributed by atoms with Gasteiger partial charge in [0.2, 0.25) is 5.95 Å². The minimum absolute atomic E-state index is 0.119. The summed E-state index contributed by atoms with van der Waals surface area (Å²) < 4.78 is 18.0. The topological polar surface area (TPSA) is 73.9 Å². The van der Waals surface area contributed by atoms with E-state index in [0.29, 0.717) is 11.4 Å². The summed E-state index contributed by atoms with van der Waals surface area (Å²) in [6, 6.07) is 4.34. The monoisotopic (exact) mass is 220 g/mol. The molecule has 0 unspecified atom stereocenters. The molecule has 0 amide bonds. The number of ether oxygens (including phenoxy) is 1. The predicted molar refractivity (Wildman–Crippen MR) is 56.2 cm³/mol. The molecule has 0 aliphatic carbocycles. The molecule has 0 bridgehead atoms. The number of hydrogen-bond donors (Lipinski definition) is 1. The molecule has 0 atom stereocenters. The average Bonchev–Trinajstić information content (AvgIpc) is 2.29. The summed E-state index contributed by atoms with van der Waals surface area (Å²) in [5.41, 5.74) is 6.05. The van der Waals surface area contributed by atoms with E-state index in [-0.39, 0.29) is 11.7 Å². The standard InChI is InChI=1S/C10H9FN4O/c1-16-8-4-6(2-3-7(8)11)9-13-5-14-10(12)15-9/h2-5H,1H3,(H2,12,13,14,15). The zero-order valence-electron chi connectivity index (χ0n) is 8.51. The third-order valence-electron chi connectivity index (χ3n) is 2.00. The first-order valence-electron chi connectivity index (χ1n) is 4.49. The third-order valence-corrected chi connectivity index (χ3v) is 2.00. The van der Waals surface area contributed by atoms with Crippen LogP contribution in [0.4, 0.5) is 10.3 Å². The molecule has 6 heteroatoms. The maximum Gasteiger partial charge on any atom is 0.223 e. The minimum Gasteiger partial charge on any atom is -0.494 e. The summed E-state index contributed by atoms with van der Waals surface area (Å²) in [7, 11) is 1.39. The maximum atomic E-state index is 13.2. The molecular weight excluding hydrogens is 211 g/mol. The summed E-state index contributed by atoms with van der Waals surface area (Å²) in [6.45, 7) is 0. The fourth-order valence-electron chi connectivity index (χ4n) is 1.25. The fourth-order valence-corrected chi connectivity index (χ4v) is 1.25. The van der Waals surface area contributed by atoms with Crippen molar-refractivity contribution >= 4 is 5.95 Å². The lowest BCUT2D eigenvalue weighted by molar-refractivity contribution is 0.387. The van der Waals surface area contributed by atoms with E-state index >= 15 is 0 Å². The molecule has 1 aromatic carbocycles. The second-order valence-corrected chi connectivity index (χ2v) is 3.02. The van der Waals surface area contributed by atoms with Gasteiger partial charge in [-0.05, 0) is 18.2 Å². The van der Waals surface area contributed by atoms with Crippen LogP contribution in [-0.2, 0) is 0 Å². The van der Waals surface area contributed by atoms with Crippen molar-refractivity contribution in [3.05, 3.63) is 30.3 Å². The van der Waals surface area contributed by atoms with Gasteiger partial charge < -0.3 is 10.5 Å². The van der Waals surface area contributed by atoms with E-state index < -0.39 is 5.82 Å². The lowest BCUT2D eigenvalue weighted by atomic mass is 10.2. The SMILES string of the molecule is COc1cc(-c2ncnc(N)n2)ccc1F. The number of nitrogens with two attached hydrogens (primary N) is 1. The number of rotatable bonds is 2. The molecule has 1 aromatic heterocycles. The molecule has 2 rings (SSSR count). The number of methoxy groups -OCH3 is 1. The van der Waals surface area contributed by atoms with Gasteiger partial charge in [-0.25, -0.2) is 14.4 Å². The van der Waals surface area contributed by atoms with Crippen LogP contribution in [0.5, 0.6) is 5.75 Å². The highest BCUT2D eigenvalue weighted by atomic mass is 19.1. The fraction of sp³-hybridized carbons (Fsp3) is 0.100. The molecule has 1 heterocycles. The molecule has 5 nitrogen and oxygen atoms in total. The molecule has 0 aliphatic heterocycles. The smallest absolute Gasteiger partial charge is 0.223 e. The van der Waals surface area contributed by atoms with Crippen molar-refractivity contribution in [1.82, 2.24) is 15.0 Å². The van der Waals surface area contributed by atoms with Crippen LogP contribution in [0.25, 0.3) is 11.4 Å². The molecule has 0 saturated heterocycles. The third kappa shape index (κ3) is 1.90. The van der Waals surface area contributed by atoms with Gasteiger partial charge in [-0.3, -0.25) is 0 Å². The normalized spacial score (nSPS) is 10.1. The van der Waals surface area contributed by atoms with E-state index in [1.807, 2.05) is 0 Å². The molecule has 0 spiro atoms. The Morgan fingerprint density at radius 1 is 1.31 bits per heavy atom. The minimum atomic E-state index is -0.437. The molecule has 82 valence electrons. The van der Waals surface area contributed by atoms with Crippen LogP contribution in [0, 0.1) is 5.82 Å². The van der Waals surface area contributed by atoms with Crippen LogP contribution in [0.1, 0.15) is 0 Å². The van der Waals surface area contributed by atoms with Crippen LogP contribution in [0.3, 0.4) is 0 Å². The van der Waals surface area contributed by atoms with E-state index in [1.165, 1.54) is 25.6 Å². The molecule has 2 N–H and O–H groups in total. The highest BCUT2D eigenvalue weighted by Gasteiger charge is 2.07. The summed E-state index contributed by atoms with van der Waals surface area (Å²) in [5.74, 6) is 0.198. The van der Waals surface area contributed by atoms with Crippen molar-refractivity contribution in [2.45, 2.75) is 0 Å². The average molecular weight is 220 g/mol. The Morgan fingerprint density at radius 3 is 2.81 bits per heavy atom. The van der Waals surface area contributed by atoms with Crippen LogP contribution >= 0.6 is 0 Å². The Balaban J connectivity index is 2.48. The number of benzene rings is 1. The van der Waals surface area contributed by atoms with Gasteiger partial charge in [-0.15, -0.1) is 0 Å². The number of hydrogen-bond acceptors (Lipinski definition) is 5. The molecular formula is C10H9FN4O. The van der Waals surface area contributed by atoms with Crippen molar-refractivity contribution in [1.29, 1.82) is 0 Å². The molecule has 0 saturated carbocycles. The summed E-state index contributed by atoms with van der Waals surface area (Å²) in [4.78, 5) is 11.5.